The SMILES string of the molecule is CN1C(=O)CCC(C(=O)Oc2ccccc2Cl)C1c1cnn(C)c1. The van der Waals surface area contributed by atoms with Crippen LogP contribution in [0.1, 0.15) is 24.4 Å². The fourth-order valence-corrected chi connectivity index (χ4v) is 3.22. The van der Waals surface area contributed by atoms with Crippen molar-refractivity contribution in [3.63, 3.8) is 0 Å². The summed E-state index contributed by atoms with van der Waals surface area (Å²) < 4.78 is 7.14. The smallest absolute Gasteiger partial charge is 0.316 e. The van der Waals surface area contributed by atoms with Gasteiger partial charge in [0, 0.05) is 32.3 Å². The van der Waals surface area contributed by atoms with Crippen LogP contribution in [-0.2, 0) is 16.6 Å². The summed E-state index contributed by atoms with van der Waals surface area (Å²) in [6.07, 6.45) is 4.24. The molecule has 1 amide bonds. The number of amides is 1. The van der Waals surface area contributed by atoms with Crippen LogP contribution in [-0.4, -0.2) is 33.6 Å². The van der Waals surface area contributed by atoms with Crippen molar-refractivity contribution in [3.8, 4) is 5.75 Å². The molecule has 1 aliphatic rings. The lowest BCUT2D eigenvalue weighted by atomic mass is 9.86. The molecule has 3 rings (SSSR count). The Morgan fingerprint density at radius 3 is 2.75 bits per heavy atom. The van der Waals surface area contributed by atoms with Gasteiger partial charge in [-0.1, -0.05) is 23.7 Å². The molecule has 1 aromatic heterocycles. The van der Waals surface area contributed by atoms with E-state index in [0.717, 1.165) is 5.56 Å². The number of hydrogen-bond donors (Lipinski definition) is 0. The number of benzene rings is 1. The van der Waals surface area contributed by atoms with E-state index in [1.165, 1.54) is 0 Å². The maximum atomic E-state index is 12.7. The number of aromatic nitrogens is 2. The second-order valence-corrected chi connectivity index (χ2v) is 6.30. The third-order valence-corrected chi connectivity index (χ3v) is 4.59. The lowest BCUT2D eigenvalue weighted by Gasteiger charge is -2.37. The Labute approximate surface area is 145 Å². The molecule has 2 unspecified atom stereocenters. The van der Waals surface area contributed by atoms with Crippen LogP contribution < -0.4 is 4.74 Å². The molecule has 0 saturated carbocycles. The van der Waals surface area contributed by atoms with Gasteiger partial charge in [0.15, 0.2) is 0 Å². The summed E-state index contributed by atoms with van der Waals surface area (Å²) in [4.78, 5) is 26.4. The van der Waals surface area contributed by atoms with Crippen molar-refractivity contribution >= 4 is 23.5 Å². The summed E-state index contributed by atoms with van der Waals surface area (Å²) in [7, 11) is 3.50. The van der Waals surface area contributed by atoms with Crippen LogP contribution in [0.5, 0.6) is 5.75 Å². The molecule has 24 heavy (non-hydrogen) atoms. The van der Waals surface area contributed by atoms with Crippen LogP contribution in [0.3, 0.4) is 0 Å². The second-order valence-electron chi connectivity index (χ2n) is 5.89. The largest absolute Gasteiger partial charge is 0.425 e. The van der Waals surface area contributed by atoms with Gasteiger partial charge in [-0.2, -0.15) is 5.10 Å². The van der Waals surface area contributed by atoms with Crippen molar-refractivity contribution < 1.29 is 14.3 Å². The van der Waals surface area contributed by atoms with Gasteiger partial charge in [0.05, 0.1) is 23.2 Å². The Balaban J connectivity index is 1.87. The van der Waals surface area contributed by atoms with Gasteiger partial charge in [-0.3, -0.25) is 14.3 Å². The average molecular weight is 348 g/mol. The van der Waals surface area contributed by atoms with Crippen LogP contribution in [0.15, 0.2) is 36.7 Å². The molecule has 7 heteroatoms. The number of likely N-dealkylation sites (tertiary alicyclic amines) is 1. The summed E-state index contributed by atoms with van der Waals surface area (Å²) in [5, 5.41) is 4.53. The quantitative estimate of drug-likeness (QED) is 0.632. The number of aryl methyl sites for hydroxylation is 1. The van der Waals surface area contributed by atoms with Crippen LogP contribution in [0.2, 0.25) is 5.02 Å². The number of carbonyl (C=O) groups is 2. The van der Waals surface area contributed by atoms with Gasteiger partial charge < -0.3 is 9.64 Å². The van der Waals surface area contributed by atoms with Crippen molar-refractivity contribution in [2.75, 3.05) is 7.05 Å². The molecule has 0 radical (unpaired) electrons. The predicted molar refractivity (Wildman–Crippen MR) is 88.5 cm³/mol. The van der Waals surface area contributed by atoms with E-state index in [-0.39, 0.29) is 5.91 Å². The van der Waals surface area contributed by atoms with Gasteiger partial charge in [0.25, 0.3) is 0 Å². The number of carbonyl (C=O) groups excluding carboxylic acids is 2. The molecule has 0 spiro atoms. The molecule has 126 valence electrons. The van der Waals surface area contributed by atoms with E-state index in [0.29, 0.717) is 23.6 Å². The minimum Gasteiger partial charge on any atom is -0.425 e. The molecule has 2 atom stereocenters. The maximum absolute atomic E-state index is 12.7. The van der Waals surface area contributed by atoms with Crippen LogP contribution in [0.25, 0.3) is 0 Å². The number of rotatable bonds is 3. The van der Waals surface area contributed by atoms with Gasteiger partial charge in [-0.15, -0.1) is 0 Å². The van der Waals surface area contributed by atoms with Crippen LogP contribution in [0.4, 0.5) is 0 Å². The Kier molecular flexibility index (Phi) is 4.57. The Hall–Kier alpha value is -2.34. The first-order chi connectivity index (χ1) is 11.5. The number of halogens is 1. The van der Waals surface area contributed by atoms with Gasteiger partial charge >= 0.3 is 5.97 Å². The first-order valence-corrected chi connectivity index (χ1v) is 8.05. The lowest BCUT2D eigenvalue weighted by Crippen LogP contribution is -2.44. The van der Waals surface area contributed by atoms with Crippen LogP contribution in [0, 0.1) is 5.92 Å². The Morgan fingerprint density at radius 2 is 2.08 bits per heavy atom. The van der Waals surface area contributed by atoms with Gasteiger partial charge in [0.1, 0.15) is 5.75 Å². The van der Waals surface area contributed by atoms with Gasteiger partial charge in [-0.25, -0.2) is 0 Å². The van der Waals surface area contributed by atoms with Crippen LogP contribution >= 0.6 is 11.6 Å². The molecule has 2 aromatic rings. The molecule has 1 aliphatic heterocycles. The number of nitrogens with zero attached hydrogens (tertiary/aromatic N) is 3. The minimum absolute atomic E-state index is 0.00523. The van der Waals surface area contributed by atoms with Crippen molar-refractivity contribution in [1.82, 2.24) is 14.7 Å². The van der Waals surface area contributed by atoms with Gasteiger partial charge in [-0.05, 0) is 18.6 Å². The number of esters is 1. The molecule has 0 bridgehead atoms. The molecule has 6 nitrogen and oxygen atoms in total. The average Bonchev–Trinajstić information content (AvgIpc) is 2.98. The van der Waals surface area contributed by atoms with Gasteiger partial charge in [0.2, 0.25) is 5.91 Å². The fraction of sp³-hybridized carbons (Fsp3) is 0.353. The zero-order chi connectivity index (χ0) is 17.3. The first kappa shape index (κ1) is 16.5. The number of piperidine rings is 1. The molecule has 1 saturated heterocycles. The number of para-hydroxylation sites is 1. The second kappa shape index (κ2) is 6.65. The number of ether oxygens (including phenoxy) is 1. The van der Waals surface area contributed by atoms with Crippen molar-refractivity contribution in [1.29, 1.82) is 0 Å². The Bertz CT molecular complexity index is 774. The molecule has 0 aliphatic carbocycles. The highest BCUT2D eigenvalue weighted by Crippen LogP contribution is 2.37. The summed E-state index contributed by atoms with van der Waals surface area (Å²) in [5.41, 5.74) is 0.814. The summed E-state index contributed by atoms with van der Waals surface area (Å²) in [6.45, 7) is 0. The normalized spacial score (nSPS) is 21.0. The standard InChI is InChI=1S/C17H18ClN3O3/c1-20-10-11(9-19-20)16-12(7-8-15(22)21(16)2)17(23)24-14-6-4-3-5-13(14)18/h3-6,9-10,12,16H,7-8H2,1-2H3. The summed E-state index contributed by atoms with van der Waals surface area (Å²) >= 11 is 6.06. The molecular formula is C17H18ClN3O3. The third kappa shape index (κ3) is 3.14. The topological polar surface area (TPSA) is 64.4 Å². The highest BCUT2D eigenvalue weighted by Gasteiger charge is 2.40. The monoisotopic (exact) mass is 347 g/mol. The van der Waals surface area contributed by atoms with E-state index in [2.05, 4.69) is 5.10 Å². The maximum Gasteiger partial charge on any atom is 0.316 e. The highest BCUT2D eigenvalue weighted by molar-refractivity contribution is 6.32. The molecular weight excluding hydrogens is 330 g/mol. The molecule has 1 aromatic carbocycles. The first-order valence-electron chi connectivity index (χ1n) is 7.68. The van der Waals surface area contributed by atoms with Crippen molar-refractivity contribution in [3.05, 3.63) is 47.2 Å². The number of hydrogen-bond acceptors (Lipinski definition) is 4. The van der Waals surface area contributed by atoms with E-state index in [4.69, 9.17) is 16.3 Å². The minimum atomic E-state index is -0.465. The van der Waals surface area contributed by atoms with E-state index in [1.54, 1.807) is 54.1 Å². The third-order valence-electron chi connectivity index (χ3n) is 4.28. The summed E-state index contributed by atoms with van der Waals surface area (Å²) in [5.74, 6) is -0.524. The Morgan fingerprint density at radius 1 is 1.33 bits per heavy atom. The zero-order valence-electron chi connectivity index (χ0n) is 13.5. The van der Waals surface area contributed by atoms with E-state index < -0.39 is 17.9 Å². The van der Waals surface area contributed by atoms with Crippen molar-refractivity contribution in [2.45, 2.75) is 18.9 Å². The van der Waals surface area contributed by atoms with E-state index in [9.17, 15) is 9.59 Å². The lowest BCUT2D eigenvalue weighted by molar-refractivity contribution is -0.148. The van der Waals surface area contributed by atoms with E-state index >= 15 is 0 Å². The fourth-order valence-electron chi connectivity index (χ4n) is 3.05. The highest BCUT2D eigenvalue weighted by atomic mass is 35.5. The van der Waals surface area contributed by atoms with E-state index in [1.807, 2.05) is 6.20 Å². The zero-order valence-corrected chi connectivity index (χ0v) is 14.2. The molecule has 1 fully saturated rings. The summed E-state index contributed by atoms with van der Waals surface area (Å²) in [6, 6.07) is 6.44. The molecule has 2 heterocycles. The van der Waals surface area contributed by atoms with Crippen molar-refractivity contribution in [2.24, 2.45) is 13.0 Å². The predicted octanol–water partition coefficient (Wildman–Crippen LogP) is 2.59. The molecule has 0 N–H and O–H groups in total.